The van der Waals surface area contributed by atoms with Crippen LogP contribution < -0.4 is 11.0 Å². The number of nitrogens with zero attached hydrogens (tertiary/aromatic N) is 4. The first-order chi connectivity index (χ1) is 17.4. The zero-order valence-electron chi connectivity index (χ0n) is 20.8. The molecule has 2 aromatic heterocycles. The Kier molecular flexibility index (Phi) is 6.93. The molecule has 1 aromatic carbocycles. The molecule has 36 heavy (non-hydrogen) atoms. The molecule has 1 aliphatic heterocycles. The molecule has 0 radical (unpaired) electrons. The number of para-hydroxylation sites is 2. The smallest absolute Gasteiger partial charge is 0.326 e. The predicted molar refractivity (Wildman–Crippen MR) is 133 cm³/mol. The Hall–Kier alpha value is -3.43. The second kappa shape index (κ2) is 10.3. The van der Waals surface area contributed by atoms with Crippen molar-refractivity contribution < 1.29 is 14.1 Å². The van der Waals surface area contributed by atoms with E-state index in [-0.39, 0.29) is 30.0 Å². The molecule has 1 saturated heterocycles. The number of nitrogens with one attached hydrogen (secondary N) is 2. The van der Waals surface area contributed by atoms with E-state index in [1.807, 2.05) is 33.7 Å². The monoisotopic (exact) mass is 494 g/mol. The van der Waals surface area contributed by atoms with E-state index in [1.54, 1.807) is 0 Å². The fraction of sp³-hybridized carbons (Fsp3) is 0.577. The summed E-state index contributed by atoms with van der Waals surface area (Å²) in [5.74, 6) is 0.891. The highest BCUT2D eigenvalue weighted by Crippen LogP contribution is 2.34. The average Bonchev–Trinajstić information content (AvgIpc) is 3.40. The molecule has 2 amide bonds. The van der Waals surface area contributed by atoms with Crippen molar-refractivity contribution >= 4 is 22.8 Å². The maximum Gasteiger partial charge on any atom is 0.326 e. The standard InChI is InChI=1S/C26H34N6O4/c1-18(33)29-26(14-6-2-3-7-15-26)24-28-22(36-30-24)10-11-23(34)31-16-12-19(13-17-31)32-21-9-5-4-8-20(21)27-25(32)35/h4-5,8-9,19H,2-3,6-7,10-17H2,1H3,(H,27,35)(H,29,33). The van der Waals surface area contributed by atoms with Gasteiger partial charge in [-0.3, -0.25) is 14.2 Å². The van der Waals surface area contributed by atoms with Gasteiger partial charge in [0.2, 0.25) is 17.7 Å². The van der Waals surface area contributed by atoms with E-state index >= 15 is 0 Å². The third-order valence-electron chi connectivity index (χ3n) is 7.63. The van der Waals surface area contributed by atoms with E-state index in [4.69, 9.17) is 4.52 Å². The van der Waals surface area contributed by atoms with Crippen LogP contribution in [-0.4, -0.2) is 49.5 Å². The minimum absolute atomic E-state index is 0.0468. The van der Waals surface area contributed by atoms with Crippen LogP contribution in [0.3, 0.4) is 0 Å². The quantitative estimate of drug-likeness (QED) is 0.507. The molecule has 0 spiro atoms. The number of carbonyl (C=O) groups is 2. The molecule has 1 saturated carbocycles. The molecular formula is C26H34N6O4. The molecule has 5 rings (SSSR count). The molecule has 10 nitrogen and oxygen atoms in total. The summed E-state index contributed by atoms with van der Waals surface area (Å²) >= 11 is 0. The molecule has 3 aromatic rings. The van der Waals surface area contributed by atoms with E-state index < -0.39 is 5.54 Å². The van der Waals surface area contributed by atoms with Crippen molar-refractivity contribution in [3.05, 3.63) is 46.5 Å². The molecule has 1 aliphatic carbocycles. The number of amides is 2. The van der Waals surface area contributed by atoms with Gasteiger partial charge in [0.25, 0.3) is 0 Å². The minimum atomic E-state index is -0.587. The zero-order valence-corrected chi connectivity index (χ0v) is 20.8. The average molecular weight is 495 g/mol. The fourth-order valence-corrected chi connectivity index (χ4v) is 5.81. The lowest BCUT2D eigenvalue weighted by molar-refractivity contribution is -0.132. The zero-order chi connectivity index (χ0) is 25.1. The number of fused-ring (bicyclic) bond motifs is 1. The van der Waals surface area contributed by atoms with E-state index in [0.717, 1.165) is 62.4 Å². The predicted octanol–water partition coefficient (Wildman–Crippen LogP) is 3.19. The minimum Gasteiger partial charge on any atom is -0.343 e. The SMILES string of the molecule is CC(=O)NC1(c2noc(CCC(=O)N3CCC(n4c(=O)[nH]c5ccccc54)CC3)n2)CCCCCC1. The van der Waals surface area contributed by atoms with Gasteiger partial charge in [-0.2, -0.15) is 4.98 Å². The molecule has 3 heterocycles. The van der Waals surface area contributed by atoms with E-state index in [0.29, 0.717) is 31.2 Å². The molecule has 0 bridgehead atoms. The number of likely N-dealkylation sites (tertiary alicyclic amines) is 1. The van der Waals surface area contributed by atoms with Crippen LogP contribution in [0, 0.1) is 0 Å². The highest BCUT2D eigenvalue weighted by Gasteiger charge is 2.38. The first kappa shape index (κ1) is 24.3. The number of carbonyl (C=O) groups excluding carboxylic acids is 2. The number of aryl methyl sites for hydroxylation is 1. The Bertz CT molecular complexity index is 1270. The summed E-state index contributed by atoms with van der Waals surface area (Å²) in [7, 11) is 0. The van der Waals surface area contributed by atoms with E-state index in [1.165, 1.54) is 6.92 Å². The summed E-state index contributed by atoms with van der Waals surface area (Å²) in [6.07, 6.45) is 7.97. The van der Waals surface area contributed by atoms with Gasteiger partial charge in [-0.05, 0) is 37.8 Å². The number of hydrogen-bond acceptors (Lipinski definition) is 6. The van der Waals surface area contributed by atoms with Gasteiger partial charge >= 0.3 is 5.69 Å². The number of piperidine rings is 1. The third kappa shape index (κ3) is 4.94. The van der Waals surface area contributed by atoms with Crippen molar-refractivity contribution in [3.8, 4) is 0 Å². The highest BCUT2D eigenvalue weighted by molar-refractivity contribution is 5.77. The second-order valence-corrected chi connectivity index (χ2v) is 10.1. The van der Waals surface area contributed by atoms with Crippen LogP contribution in [0.15, 0.2) is 33.6 Å². The largest absolute Gasteiger partial charge is 0.343 e. The Morgan fingerprint density at radius 3 is 2.58 bits per heavy atom. The summed E-state index contributed by atoms with van der Waals surface area (Å²) in [6.45, 7) is 2.73. The van der Waals surface area contributed by atoms with Crippen LogP contribution in [0.4, 0.5) is 0 Å². The van der Waals surface area contributed by atoms with Crippen LogP contribution in [-0.2, 0) is 21.5 Å². The van der Waals surface area contributed by atoms with Crippen molar-refractivity contribution in [3.63, 3.8) is 0 Å². The third-order valence-corrected chi connectivity index (χ3v) is 7.63. The lowest BCUT2D eigenvalue weighted by Gasteiger charge is -2.32. The topological polar surface area (TPSA) is 126 Å². The Balaban J connectivity index is 1.18. The summed E-state index contributed by atoms with van der Waals surface area (Å²) in [5, 5.41) is 7.29. The lowest BCUT2D eigenvalue weighted by Crippen LogP contribution is -2.45. The van der Waals surface area contributed by atoms with Gasteiger partial charge in [0, 0.05) is 38.9 Å². The molecule has 2 N–H and O–H groups in total. The van der Waals surface area contributed by atoms with Gasteiger partial charge in [-0.25, -0.2) is 4.79 Å². The molecule has 10 heteroatoms. The first-order valence-electron chi connectivity index (χ1n) is 13.0. The first-order valence-corrected chi connectivity index (χ1v) is 13.0. The number of rotatable bonds is 6. The Morgan fingerprint density at radius 1 is 1.14 bits per heavy atom. The maximum atomic E-state index is 12.9. The summed E-state index contributed by atoms with van der Waals surface area (Å²) < 4.78 is 7.33. The Labute approximate surface area is 209 Å². The van der Waals surface area contributed by atoms with Crippen LogP contribution >= 0.6 is 0 Å². The number of aromatic amines is 1. The van der Waals surface area contributed by atoms with Crippen LogP contribution in [0.1, 0.15) is 82.5 Å². The van der Waals surface area contributed by atoms with E-state index in [9.17, 15) is 14.4 Å². The molecule has 192 valence electrons. The summed E-state index contributed by atoms with van der Waals surface area (Å²) in [6, 6.07) is 7.77. The summed E-state index contributed by atoms with van der Waals surface area (Å²) in [5.41, 5.74) is 1.06. The van der Waals surface area contributed by atoms with Crippen LogP contribution in [0.5, 0.6) is 0 Å². The van der Waals surface area contributed by atoms with Crippen molar-refractivity contribution in [1.82, 2.24) is 29.9 Å². The normalized spacial score (nSPS) is 18.8. The lowest BCUT2D eigenvalue weighted by atomic mass is 9.89. The molecule has 0 unspecified atom stereocenters. The van der Waals surface area contributed by atoms with E-state index in [2.05, 4.69) is 20.4 Å². The van der Waals surface area contributed by atoms with Gasteiger partial charge in [0.1, 0.15) is 5.54 Å². The number of H-pyrrole nitrogens is 1. The fourth-order valence-electron chi connectivity index (χ4n) is 5.81. The van der Waals surface area contributed by atoms with Crippen molar-refractivity contribution in [2.75, 3.05) is 13.1 Å². The van der Waals surface area contributed by atoms with Gasteiger partial charge < -0.3 is 19.7 Å². The highest BCUT2D eigenvalue weighted by atomic mass is 16.5. The number of benzene rings is 1. The summed E-state index contributed by atoms with van der Waals surface area (Å²) in [4.78, 5) is 46.7. The van der Waals surface area contributed by atoms with Crippen molar-refractivity contribution in [1.29, 1.82) is 0 Å². The maximum absolute atomic E-state index is 12.9. The van der Waals surface area contributed by atoms with Gasteiger partial charge in [-0.15, -0.1) is 0 Å². The van der Waals surface area contributed by atoms with Crippen molar-refractivity contribution in [2.24, 2.45) is 0 Å². The molecular weight excluding hydrogens is 460 g/mol. The molecule has 0 atom stereocenters. The number of hydrogen-bond donors (Lipinski definition) is 2. The van der Waals surface area contributed by atoms with Gasteiger partial charge in [-0.1, -0.05) is 43.0 Å². The van der Waals surface area contributed by atoms with Gasteiger partial charge in [0.15, 0.2) is 5.82 Å². The van der Waals surface area contributed by atoms with Crippen LogP contribution in [0.25, 0.3) is 11.0 Å². The second-order valence-electron chi connectivity index (χ2n) is 10.1. The Morgan fingerprint density at radius 2 is 1.86 bits per heavy atom. The molecule has 2 fully saturated rings. The number of imidazole rings is 1. The van der Waals surface area contributed by atoms with Gasteiger partial charge in [0.05, 0.1) is 11.0 Å². The van der Waals surface area contributed by atoms with Crippen LogP contribution in [0.2, 0.25) is 0 Å². The van der Waals surface area contributed by atoms with Crippen molar-refractivity contribution in [2.45, 2.75) is 82.7 Å². The number of aromatic nitrogens is 4. The molecule has 2 aliphatic rings.